The minimum absolute atomic E-state index is 0.724. The van der Waals surface area contributed by atoms with Gasteiger partial charge in [-0.1, -0.05) is 18.2 Å². The van der Waals surface area contributed by atoms with Crippen molar-refractivity contribution in [3.8, 4) is 11.1 Å². The molecule has 0 radical (unpaired) electrons. The van der Waals surface area contributed by atoms with Crippen LogP contribution in [0.1, 0.15) is 30.5 Å². The Morgan fingerprint density at radius 3 is 2.71 bits per heavy atom. The van der Waals surface area contributed by atoms with Crippen LogP contribution in [0.15, 0.2) is 48.5 Å². The molecule has 28 heavy (non-hydrogen) atoms. The molecule has 0 aliphatic carbocycles. The molecule has 1 fully saturated rings. The maximum absolute atomic E-state index is 4.91. The smallest absolute Gasteiger partial charge is 0.0907 e. The van der Waals surface area contributed by atoms with Crippen LogP contribution < -0.4 is 0 Å². The maximum Gasteiger partial charge on any atom is 0.0907 e. The number of hydrogen-bond donors (Lipinski definition) is 0. The zero-order valence-electron chi connectivity index (χ0n) is 16.5. The number of pyridine rings is 1. The molecule has 4 aromatic rings. The summed E-state index contributed by atoms with van der Waals surface area (Å²) in [5.41, 5.74) is 5.80. The number of benzene rings is 2. The highest BCUT2D eigenvalue weighted by molar-refractivity contribution is 7.18. The topological polar surface area (TPSA) is 29.0 Å². The predicted molar refractivity (Wildman–Crippen MR) is 119 cm³/mol. The van der Waals surface area contributed by atoms with Gasteiger partial charge in [0.1, 0.15) is 0 Å². The standard InChI is InChI=1S/C24H25N3S/c1-16-4-3-12-27(16)13-11-21-8-5-20-14-18(6-9-22(20)26-21)19-7-10-24-23(15-19)25-17(2)28-24/h5-10,14-16H,3-4,11-13H2,1-2H3/t16-/m1/s1. The molecule has 2 aromatic carbocycles. The van der Waals surface area contributed by atoms with Crippen molar-refractivity contribution in [3.05, 3.63) is 59.2 Å². The van der Waals surface area contributed by atoms with Gasteiger partial charge in [-0.05, 0) is 74.7 Å². The number of hydrogen-bond acceptors (Lipinski definition) is 4. The molecule has 2 aromatic heterocycles. The zero-order valence-corrected chi connectivity index (χ0v) is 17.3. The van der Waals surface area contributed by atoms with Crippen molar-refractivity contribution in [1.82, 2.24) is 14.9 Å². The largest absolute Gasteiger partial charge is 0.300 e. The normalized spacial score (nSPS) is 17.7. The molecule has 1 aliphatic rings. The van der Waals surface area contributed by atoms with Crippen molar-refractivity contribution in [2.24, 2.45) is 0 Å². The van der Waals surface area contributed by atoms with Gasteiger partial charge in [-0.15, -0.1) is 11.3 Å². The third-order valence-corrected chi connectivity index (χ3v) is 6.87. The van der Waals surface area contributed by atoms with E-state index in [-0.39, 0.29) is 0 Å². The molecule has 1 aliphatic heterocycles. The zero-order chi connectivity index (χ0) is 19.1. The molecule has 1 saturated heterocycles. The number of fused-ring (bicyclic) bond motifs is 2. The Bertz CT molecular complexity index is 1150. The first kappa shape index (κ1) is 17.8. The highest BCUT2D eigenvalue weighted by atomic mass is 32.1. The Labute approximate surface area is 170 Å². The summed E-state index contributed by atoms with van der Waals surface area (Å²) in [5, 5.41) is 2.32. The number of thiazole rings is 1. The molecule has 0 saturated carbocycles. The quantitative estimate of drug-likeness (QED) is 0.440. The molecule has 4 heteroatoms. The van der Waals surface area contributed by atoms with E-state index >= 15 is 0 Å². The number of aryl methyl sites for hydroxylation is 1. The lowest BCUT2D eigenvalue weighted by Crippen LogP contribution is -2.29. The van der Waals surface area contributed by atoms with Crippen LogP contribution in [0.3, 0.4) is 0 Å². The van der Waals surface area contributed by atoms with Crippen LogP contribution in [0, 0.1) is 6.92 Å². The lowest BCUT2D eigenvalue weighted by molar-refractivity contribution is 0.271. The average Bonchev–Trinajstić information content (AvgIpc) is 3.29. The van der Waals surface area contributed by atoms with Crippen LogP contribution in [-0.2, 0) is 6.42 Å². The second-order valence-electron chi connectivity index (χ2n) is 7.90. The monoisotopic (exact) mass is 387 g/mol. The second-order valence-corrected chi connectivity index (χ2v) is 9.14. The van der Waals surface area contributed by atoms with Crippen LogP contribution >= 0.6 is 11.3 Å². The van der Waals surface area contributed by atoms with E-state index in [0.29, 0.717) is 0 Å². The van der Waals surface area contributed by atoms with Crippen molar-refractivity contribution < 1.29 is 0 Å². The third kappa shape index (κ3) is 3.43. The molecule has 0 N–H and O–H groups in total. The summed E-state index contributed by atoms with van der Waals surface area (Å²) in [6, 6.07) is 18.3. The van der Waals surface area contributed by atoms with Gasteiger partial charge in [0.05, 0.1) is 20.7 Å². The summed E-state index contributed by atoms with van der Waals surface area (Å²) in [4.78, 5) is 12.1. The summed E-state index contributed by atoms with van der Waals surface area (Å²) in [6.45, 7) is 6.76. The van der Waals surface area contributed by atoms with Crippen LogP contribution in [0.4, 0.5) is 0 Å². The van der Waals surface area contributed by atoms with Gasteiger partial charge < -0.3 is 4.90 Å². The Kier molecular flexibility index (Phi) is 4.61. The van der Waals surface area contributed by atoms with Crippen molar-refractivity contribution in [3.63, 3.8) is 0 Å². The van der Waals surface area contributed by atoms with E-state index in [9.17, 15) is 0 Å². The van der Waals surface area contributed by atoms with Crippen molar-refractivity contribution in [2.75, 3.05) is 13.1 Å². The summed E-state index contributed by atoms with van der Waals surface area (Å²) in [5.74, 6) is 0. The third-order valence-electron chi connectivity index (χ3n) is 5.92. The first-order valence-corrected chi connectivity index (χ1v) is 11.0. The molecule has 0 bridgehead atoms. The van der Waals surface area contributed by atoms with Crippen molar-refractivity contribution >= 4 is 32.5 Å². The van der Waals surface area contributed by atoms with E-state index in [1.165, 1.54) is 46.3 Å². The van der Waals surface area contributed by atoms with Gasteiger partial charge in [0, 0.05) is 30.1 Å². The van der Waals surface area contributed by atoms with Crippen LogP contribution in [0.2, 0.25) is 0 Å². The molecule has 3 nitrogen and oxygen atoms in total. The molecule has 0 amide bonds. The van der Waals surface area contributed by atoms with Gasteiger partial charge in [-0.3, -0.25) is 4.98 Å². The molecule has 3 heterocycles. The predicted octanol–water partition coefficient (Wildman–Crippen LogP) is 5.85. The molecule has 0 spiro atoms. The van der Waals surface area contributed by atoms with E-state index in [1.807, 2.05) is 0 Å². The van der Waals surface area contributed by atoms with E-state index in [0.717, 1.165) is 35.0 Å². The number of rotatable bonds is 4. The van der Waals surface area contributed by atoms with Gasteiger partial charge in [0.15, 0.2) is 0 Å². The Morgan fingerprint density at radius 1 is 1.00 bits per heavy atom. The van der Waals surface area contributed by atoms with E-state index < -0.39 is 0 Å². The Hall–Kier alpha value is -2.30. The summed E-state index contributed by atoms with van der Waals surface area (Å²) in [7, 11) is 0. The minimum Gasteiger partial charge on any atom is -0.300 e. The minimum atomic E-state index is 0.724. The highest BCUT2D eigenvalue weighted by Crippen LogP contribution is 2.29. The van der Waals surface area contributed by atoms with Crippen LogP contribution in [-0.4, -0.2) is 34.0 Å². The first-order valence-electron chi connectivity index (χ1n) is 10.2. The summed E-state index contributed by atoms with van der Waals surface area (Å²) >= 11 is 1.75. The van der Waals surface area contributed by atoms with E-state index in [4.69, 9.17) is 4.98 Å². The van der Waals surface area contributed by atoms with E-state index in [1.54, 1.807) is 11.3 Å². The average molecular weight is 388 g/mol. The molecule has 5 rings (SSSR count). The Morgan fingerprint density at radius 2 is 1.86 bits per heavy atom. The van der Waals surface area contributed by atoms with Gasteiger partial charge in [0.2, 0.25) is 0 Å². The van der Waals surface area contributed by atoms with Gasteiger partial charge in [-0.2, -0.15) is 0 Å². The molecular formula is C24H25N3S. The van der Waals surface area contributed by atoms with Gasteiger partial charge in [0.25, 0.3) is 0 Å². The van der Waals surface area contributed by atoms with Crippen molar-refractivity contribution in [1.29, 1.82) is 0 Å². The lowest BCUT2D eigenvalue weighted by Gasteiger charge is -2.20. The SMILES string of the molecule is Cc1nc2cc(-c3ccc4nc(CCN5CCC[C@H]5C)ccc4c3)ccc2s1. The first-order chi connectivity index (χ1) is 13.7. The Balaban J connectivity index is 1.39. The highest BCUT2D eigenvalue weighted by Gasteiger charge is 2.19. The molecule has 142 valence electrons. The summed E-state index contributed by atoms with van der Waals surface area (Å²) in [6.07, 6.45) is 3.70. The van der Waals surface area contributed by atoms with Gasteiger partial charge >= 0.3 is 0 Å². The van der Waals surface area contributed by atoms with Crippen molar-refractivity contribution in [2.45, 2.75) is 39.2 Å². The molecular weight excluding hydrogens is 362 g/mol. The number of likely N-dealkylation sites (tertiary alicyclic amines) is 1. The second kappa shape index (κ2) is 7.26. The van der Waals surface area contributed by atoms with Gasteiger partial charge in [-0.25, -0.2) is 4.98 Å². The fraction of sp³-hybridized carbons (Fsp3) is 0.333. The van der Waals surface area contributed by atoms with E-state index in [2.05, 4.69) is 72.3 Å². The number of nitrogens with zero attached hydrogens (tertiary/aromatic N) is 3. The molecule has 0 unspecified atom stereocenters. The lowest BCUT2D eigenvalue weighted by atomic mass is 10.0. The maximum atomic E-state index is 4.91. The fourth-order valence-electron chi connectivity index (χ4n) is 4.29. The number of aromatic nitrogens is 2. The molecule has 1 atom stereocenters. The summed E-state index contributed by atoms with van der Waals surface area (Å²) < 4.78 is 1.25. The van der Waals surface area contributed by atoms with Crippen LogP contribution in [0.25, 0.3) is 32.2 Å². The fourth-order valence-corrected chi connectivity index (χ4v) is 5.10. The van der Waals surface area contributed by atoms with Crippen LogP contribution in [0.5, 0.6) is 0 Å².